The van der Waals surface area contributed by atoms with Crippen LogP contribution in [0.1, 0.15) is 61.3 Å². The number of hydrogen-bond donors (Lipinski definition) is 3. The number of aromatic nitrogens is 3. The van der Waals surface area contributed by atoms with Crippen LogP contribution in [0.4, 0.5) is 18.9 Å². The Bertz CT molecular complexity index is 2000. The molecule has 4 heterocycles. The summed E-state index contributed by atoms with van der Waals surface area (Å²) in [6, 6.07) is 6.68. The number of rotatable bonds is 17. The number of piperidine rings is 2. The molecule has 3 aromatic rings. The summed E-state index contributed by atoms with van der Waals surface area (Å²) in [4.78, 5) is 56.7. The minimum absolute atomic E-state index is 0.0310. The number of nitrogens with zero attached hydrogens (tertiary/aromatic N) is 5. The Morgan fingerprint density at radius 1 is 1.03 bits per heavy atom. The zero-order valence-electron chi connectivity index (χ0n) is 32.7. The molecule has 3 N–H and O–H groups in total. The van der Waals surface area contributed by atoms with E-state index in [0.29, 0.717) is 61.5 Å². The van der Waals surface area contributed by atoms with Crippen LogP contribution in [0.2, 0.25) is 0 Å². The van der Waals surface area contributed by atoms with Gasteiger partial charge in [-0.25, -0.2) is 4.98 Å². The molecule has 58 heavy (non-hydrogen) atoms. The number of ether oxygens (including phenoxy) is 3. The molecule has 2 saturated heterocycles. The van der Waals surface area contributed by atoms with Gasteiger partial charge in [-0.1, -0.05) is 18.2 Å². The molecule has 2 aliphatic heterocycles. The summed E-state index contributed by atoms with van der Waals surface area (Å²) >= 11 is 0. The van der Waals surface area contributed by atoms with Gasteiger partial charge in [0.25, 0.3) is 11.8 Å². The monoisotopic (exact) mass is 810 g/mol. The fourth-order valence-electron chi connectivity index (χ4n) is 6.82. The molecule has 0 bridgehead atoms. The van der Waals surface area contributed by atoms with Crippen molar-refractivity contribution in [2.24, 2.45) is 0 Å². The fourth-order valence-corrected chi connectivity index (χ4v) is 6.82. The number of alkyl halides is 3. The van der Waals surface area contributed by atoms with Gasteiger partial charge >= 0.3 is 6.18 Å². The number of amides is 4. The quantitative estimate of drug-likeness (QED) is 0.0577. The van der Waals surface area contributed by atoms with Crippen LogP contribution in [0.25, 0.3) is 10.9 Å². The van der Waals surface area contributed by atoms with Gasteiger partial charge in [0, 0.05) is 68.9 Å². The van der Waals surface area contributed by atoms with Crippen molar-refractivity contribution in [3.8, 4) is 5.75 Å². The molecule has 18 heteroatoms. The van der Waals surface area contributed by atoms with E-state index in [9.17, 15) is 32.3 Å². The van der Waals surface area contributed by atoms with Crippen molar-refractivity contribution in [3.63, 3.8) is 0 Å². The van der Waals surface area contributed by atoms with Crippen molar-refractivity contribution < 1.29 is 46.6 Å². The van der Waals surface area contributed by atoms with Crippen molar-refractivity contribution >= 4 is 40.7 Å². The first-order chi connectivity index (χ1) is 27.9. The van der Waals surface area contributed by atoms with Crippen LogP contribution < -0.4 is 20.7 Å². The molecule has 0 aliphatic carbocycles. The number of benzene rings is 1. The molecule has 2 aliphatic rings. The average molecular weight is 811 g/mol. The van der Waals surface area contributed by atoms with E-state index in [-0.39, 0.29) is 48.3 Å². The zero-order valence-corrected chi connectivity index (χ0v) is 32.7. The number of allylic oxidation sites excluding steroid dienone is 2. The Labute approximate surface area is 334 Å². The van der Waals surface area contributed by atoms with Crippen molar-refractivity contribution in [2.45, 2.75) is 57.3 Å². The SMILES string of the molecule is C\C=C/C(=C\C(=C\OC)NC(=O)CCNC=O)C(=O)N1CCC(OCCN2CCC(n3cc4cc(NC(=O)c5cccc(C(F)(F)F)n5)c(OC)cc4n3)CC2)CC1. The number of nitrogens with one attached hydrogen (secondary N) is 3. The molecule has 0 unspecified atom stereocenters. The van der Waals surface area contributed by atoms with Crippen LogP contribution in [-0.4, -0.2) is 115 Å². The predicted octanol–water partition coefficient (Wildman–Crippen LogP) is 4.60. The molecule has 2 aromatic heterocycles. The summed E-state index contributed by atoms with van der Waals surface area (Å²) in [5, 5.41) is 13.3. The predicted molar refractivity (Wildman–Crippen MR) is 209 cm³/mol. The molecule has 1 aromatic carbocycles. The van der Waals surface area contributed by atoms with E-state index in [0.717, 1.165) is 50.0 Å². The van der Waals surface area contributed by atoms with Crippen molar-refractivity contribution in [2.75, 3.05) is 65.4 Å². The number of fused-ring (bicyclic) bond motifs is 1. The van der Waals surface area contributed by atoms with Gasteiger partial charge in [-0.2, -0.15) is 18.3 Å². The highest BCUT2D eigenvalue weighted by molar-refractivity contribution is 6.05. The summed E-state index contributed by atoms with van der Waals surface area (Å²) < 4.78 is 58.2. The van der Waals surface area contributed by atoms with E-state index in [4.69, 9.17) is 19.3 Å². The summed E-state index contributed by atoms with van der Waals surface area (Å²) in [6.07, 6.45) is 7.32. The third-order valence-electron chi connectivity index (χ3n) is 9.80. The van der Waals surface area contributed by atoms with E-state index in [2.05, 4.69) is 25.8 Å². The zero-order chi connectivity index (χ0) is 41.7. The van der Waals surface area contributed by atoms with Crippen LogP contribution in [0, 0.1) is 0 Å². The van der Waals surface area contributed by atoms with Gasteiger partial charge in [-0.05, 0) is 56.9 Å². The molecule has 312 valence electrons. The van der Waals surface area contributed by atoms with Crippen LogP contribution in [0.15, 0.2) is 72.3 Å². The Balaban J connectivity index is 1.07. The molecule has 2 fully saturated rings. The highest BCUT2D eigenvalue weighted by Gasteiger charge is 2.33. The number of hydrogen-bond acceptors (Lipinski definition) is 10. The van der Waals surface area contributed by atoms with Gasteiger partial charge in [-0.3, -0.25) is 23.9 Å². The lowest BCUT2D eigenvalue weighted by atomic mass is 10.0. The Hall–Kier alpha value is -5.75. The molecular formula is C40H49F3N8O7. The molecule has 4 amide bonds. The second kappa shape index (κ2) is 20.6. The first-order valence-electron chi connectivity index (χ1n) is 19.0. The summed E-state index contributed by atoms with van der Waals surface area (Å²) in [5.74, 6) is -0.983. The highest BCUT2D eigenvalue weighted by Crippen LogP contribution is 2.33. The average Bonchev–Trinajstić information content (AvgIpc) is 3.63. The van der Waals surface area contributed by atoms with Crippen molar-refractivity contribution in [3.05, 3.63) is 83.7 Å². The van der Waals surface area contributed by atoms with E-state index < -0.39 is 17.8 Å². The van der Waals surface area contributed by atoms with E-state index in [1.54, 1.807) is 42.2 Å². The molecule has 15 nitrogen and oxygen atoms in total. The van der Waals surface area contributed by atoms with Gasteiger partial charge in [-0.15, -0.1) is 0 Å². The van der Waals surface area contributed by atoms with Gasteiger partial charge in [0.2, 0.25) is 12.3 Å². The number of halogens is 3. The largest absolute Gasteiger partial charge is 0.502 e. The normalized spacial score (nSPS) is 16.4. The van der Waals surface area contributed by atoms with Gasteiger partial charge in [0.1, 0.15) is 23.4 Å². The van der Waals surface area contributed by atoms with Crippen LogP contribution in [0.3, 0.4) is 0 Å². The maximum Gasteiger partial charge on any atom is 0.433 e. The fraction of sp³-hybridized carbons (Fsp3) is 0.450. The third kappa shape index (κ3) is 11.9. The lowest BCUT2D eigenvalue weighted by molar-refractivity contribution is -0.141. The molecule has 5 rings (SSSR count). The second-order valence-corrected chi connectivity index (χ2v) is 13.8. The Kier molecular flexibility index (Phi) is 15.4. The number of carbonyl (C=O) groups is 4. The Morgan fingerprint density at radius 3 is 2.47 bits per heavy atom. The van der Waals surface area contributed by atoms with Crippen LogP contribution in [0.5, 0.6) is 5.75 Å². The maximum absolute atomic E-state index is 13.5. The Morgan fingerprint density at radius 2 is 1.79 bits per heavy atom. The number of likely N-dealkylation sites (tertiary alicyclic amines) is 2. The van der Waals surface area contributed by atoms with E-state index in [1.807, 2.05) is 10.9 Å². The summed E-state index contributed by atoms with van der Waals surface area (Å²) in [5.41, 5.74) is 0.129. The first kappa shape index (κ1) is 43.4. The number of pyridine rings is 1. The minimum Gasteiger partial charge on any atom is -0.502 e. The van der Waals surface area contributed by atoms with Crippen molar-refractivity contribution in [1.29, 1.82) is 0 Å². The number of carbonyl (C=O) groups excluding carboxylic acids is 4. The van der Waals surface area contributed by atoms with Crippen LogP contribution >= 0.6 is 0 Å². The smallest absolute Gasteiger partial charge is 0.433 e. The third-order valence-corrected chi connectivity index (χ3v) is 9.80. The molecule has 0 radical (unpaired) electrons. The molecular weight excluding hydrogens is 761 g/mol. The van der Waals surface area contributed by atoms with Crippen molar-refractivity contribution in [1.82, 2.24) is 35.2 Å². The number of anilines is 1. The summed E-state index contributed by atoms with van der Waals surface area (Å²) in [6.45, 7) is 6.09. The maximum atomic E-state index is 13.5. The summed E-state index contributed by atoms with van der Waals surface area (Å²) in [7, 11) is 2.88. The van der Waals surface area contributed by atoms with Crippen LogP contribution in [-0.2, 0) is 30.0 Å². The molecule has 0 saturated carbocycles. The van der Waals surface area contributed by atoms with E-state index in [1.165, 1.54) is 26.5 Å². The minimum atomic E-state index is -4.68. The van der Waals surface area contributed by atoms with Gasteiger partial charge < -0.3 is 40.0 Å². The van der Waals surface area contributed by atoms with Gasteiger partial charge in [0.15, 0.2) is 0 Å². The van der Waals surface area contributed by atoms with Gasteiger partial charge in [0.05, 0.1) is 49.9 Å². The lowest BCUT2D eigenvalue weighted by Crippen LogP contribution is -2.42. The van der Waals surface area contributed by atoms with E-state index >= 15 is 0 Å². The lowest BCUT2D eigenvalue weighted by Gasteiger charge is -2.34. The molecule has 0 spiro atoms. The highest BCUT2D eigenvalue weighted by atomic mass is 19.4. The standard InChI is InChI=1S/C40H49F3N8O7/c1-4-6-27(21-29(25-56-2)45-37(53)9-14-44-26-52)39(55)50-17-12-31(13-18-50)58-20-19-49-15-10-30(11-16-49)51-24-28-22-34(35(57-3)23-33(28)48-51)47-38(54)32-7-5-8-36(46-32)40(41,42)43/h4-8,21-26,30-31H,9-20H2,1-3H3,(H,44,52)(H,45,53)(H,47,54)/b6-4-,27-21+,29-25-. The second-order valence-electron chi connectivity index (χ2n) is 13.8. The first-order valence-corrected chi connectivity index (χ1v) is 19.0. The molecule has 0 atom stereocenters. The topological polar surface area (TPSA) is 169 Å². The number of methoxy groups -OCH3 is 2.